The highest BCUT2D eigenvalue weighted by Crippen LogP contribution is 2.35. The van der Waals surface area contributed by atoms with Crippen LogP contribution >= 0.6 is 11.8 Å². The lowest BCUT2D eigenvalue weighted by molar-refractivity contribution is -0.123. The highest BCUT2D eigenvalue weighted by molar-refractivity contribution is 8.18. The van der Waals surface area contributed by atoms with Gasteiger partial charge in [0.15, 0.2) is 11.5 Å². The number of nitrogens with zero attached hydrogens (tertiary/aromatic N) is 1. The number of amides is 2. The number of hydrogen-bond acceptors (Lipinski definition) is 6. The van der Waals surface area contributed by atoms with E-state index in [4.69, 9.17) is 14.2 Å². The van der Waals surface area contributed by atoms with Gasteiger partial charge in [0.1, 0.15) is 19.0 Å². The number of carbonyl (C=O) groups is 2. The number of hydrogen-bond donors (Lipinski definition) is 0. The van der Waals surface area contributed by atoms with E-state index in [0.29, 0.717) is 23.0 Å². The molecule has 0 bridgehead atoms. The van der Waals surface area contributed by atoms with Crippen LogP contribution in [-0.4, -0.2) is 36.3 Å². The summed E-state index contributed by atoms with van der Waals surface area (Å²) in [6, 6.07) is 19.5. The van der Waals surface area contributed by atoms with Crippen molar-refractivity contribution in [1.29, 1.82) is 0 Å². The Balaban J connectivity index is 1.40. The average Bonchev–Trinajstić information content (AvgIpc) is 3.12. The summed E-state index contributed by atoms with van der Waals surface area (Å²) >= 11 is 0.926. The van der Waals surface area contributed by atoms with Crippen molar-refractivity contribution in [2.45, 2.75) is 27.4 Å². The van der Waals surface area contributed by atoms with Crippen molar-refractivity contribution < 1.29 is 23.8 Å². The Morgan fingerprint density at radius 3 is 2.44 bits per heavy atom. The van der Waals surface area contributed by atoms with Gasteiger partial charge in [-0.1, -0.05) is 48.0 Å². The summed E-state index contributed by atoms with van der Waals surface area (Å²) in [5.74, 6) is 1.59. The maximum absolute atomic E-state index is 12.9. The molecule has 0 saturated carbocycles. The molecule has 0 radical (unpaired) electrons. The minimum atomic E-state index is -0.326. The standard InChI is InChI=1S/C29H29NO5S/c1-19-6-5-7-23(14-19)18-35-24-11-10-22(16-26(24)33-4)17-27-28(31)30(29(32)36-27)12-13-34-25-15-20(2)8-9-21(25)3/h5-11,14-17H,12-13,18H2,1-4H3/b27-17-. The summed E-state index contributed by atoms with van der Waals surface area (Å²) < 4.78 is 17.3. The first-order valence-corrected chi connectivity index (χ1v) is 12.5. The van der Waals surface area contributed by atoms with Crippen molar-refractivity contribution >= 4 is 29.0 Å². The zero-order chi connectivity index (χ0) is 25.7. The third kappa shape index (κ3) is 6.10. The fourth-order valence-corrected chi connectivity index (χ4v) is 4.68. The van der Waals surface area contributed by atoms with Crippen molar-refractivity contribution in [3.05, 3.63) is 93.4 Å². The maximum atomic E-state index is 12.9. The summed E-state index contributed by atoms with van der Waals surface area (Å²) in [4.78, 5) is 27.0. The van der Waals surface area contributed by atoms with Crippen molar-refractivity contribution in [1.82, 2.24) is 4.90 Å². The molecular weight excluding hydrogens is 474 g/mol. The number of benzene rings is 3. The molecule has 1 fully saturated rings. The topological polar surface area (TPSA) is 65.1 Å². The van der Waals surface area contributed by atoms with Gasteiger partial charge in [-0.25, -0.2) is 0 Å². The van der Waals surface area contributed by atoms with Crippen molar-refractivity contribution in [2.75, 3.05) is 20.3 Å². The van der Waals surface area contributed by atoms with E-state index in [9.17, 15) is 9.59 Å². The highest BCUT2D eigenvalue weighted by Gasteiger charge is 2.34. The molecule has 0 aromatic heterocycles. The van der Waals surface area contributed by atoms with Crippen LogP contribution in [0.25, 0.3) is 6.08 Å². The van der Waals surface area contributed by atoms with Crippen LogP contribution in [0.5, 0.6) is 17.2 Å². The first-order valence-electron chi connectivity index (χ1n) is 11.7. The molecule has 1 saturated heterocycles. The van der Waals surface area contributed by atoms with Crippen LogP contribution < -0.4 is 14.2 Å². The van der Waals surface area contributed by atoms with Gasteiger partial charge in [0.2, 0.25) is 0 Å². The Labute approximate surface area is 215 Å². The van der Waals surface area contributed by atoms with Gasteiger partial charge in [-0.3, -0.25) is 14.5 Å². The van der Waals surface area contributed by atoms with Crippen LogP contribution in [0.4, 0.5) is 4.79 Å². The number of carbonyl (C=O) groups excluding carboxylic acids is 2. The van der Waals surface area contributed by atoms with Crippen LogP contribution in [0.15, 0.2) is 65.6 Å². The molecule has 36 heavy (non-hydrogen) atoms. The molecule has 0 aliphatic carbocycles. The molecule has 1 heterocycles. The van der Waals surface area contributed by atoms with E-state index in [1.807, 2.05) is 69.3 Å². The fourth-order valence-electron chi connectivity index (χ4n) is 3.81. The van der Waals surface area contributed by atoms with Crippen LogP contribution in [0, 0.1) is 20.8 Å². The van der Waals surface area contributed by atoms with Crippen molar-refractivity contribution in [3.8, 4) is 17.2 Å². The van der Waals surface area contributed by atoms with E-state index in [1.54, 1.807) is 19.3 Å². The van der Waals surface area contributed by atoms with E-state index in [1.165, 1.54) is 10.5 Å². The molecule has 0 spiro atoms. The fraction of sp³-hybridized carbons (Fsp3) is 0.241. The molecule has 0 unspecified atom stereocenters. The monoisotopic (exact) mass is 503 g/mol. The van der Waals surface area contributed by atoms with Crippen molar-refractivity contribution in [3.63, 3.8) is 0 Å². The zero-order valence-corrected chi connectivity index (χ0v) is 21.7. The number of imide groups is 1. The molecule has 1 aliphatic heterocycles. The Bertz CT molecular complexity index is 1320. The van der Waals surface area contributed by atoms with Gasteiger partial charge in [0.25, 0.3) is 11.1 Å². The molecular formula is C29H29NO5S. The molecule has 3 aromatic carbocycles. The number of thioether (sulfide) groups is 1. The molecule has 0 N–H and O–H groups in total. The maximum Gasteiger partial charge on any atom is 0.293 e. The smallest absolute Gasteiger partial charge is 0.293 e. The average molecular weight is 504 g/mol. The van der Waals surface area contributed by atoms with E-state index in [2.05, 4.69) is 6.07 Å². The summed E-state index contributed by atoms with van der Waals surface area (Å²) in [5.41, 5.74) is 5.08. The number of aryl methyl sites for hydroxylation is 3. The zero-order valence-electron chi connectivity index (χ0n) is 20.9. The number of methoxy groups -OCH3 is 1. The predicted octanol–water partition coefficient (Wildman–Crippen LogP) is 6.31. The van der Waals surface area contributed by atoms with Crippen LogP contribution in [0.1, 0.15) is 27.8 Å². The normalized spacial score (nSPS) is 14.4. The summed E-state index contributed by atoms with van der Waals surface area (Å²) in [7, 11) is 1.57. The van der Waals surface area contributed by atoms with Gasteiger partial charge >= 0.3 is 0 Å². The first kappa shape index (κ1) is 25.4. The van der Waals surface area contributed by atoms with Gasteiger partial charge in [-0.2, -0.15) is 0 Å². The first-order chi connectivity index (χ1) is 17.3. The second kappa shape index (κ2) is 11.4. The molecule has 2 amide bonds. The van der Waals surface area contributed by atoms with Crippen molar-refractivity contribution in [2.24, 2.45) is 0 Å². The van der Waals surface area contributed by atoms with Gasteiger partial charge in [-0.05, 0) is 79.1 Å². The highest BCUT2D eigenvalue weighted by atomic mass is 32.2. The molecule has 4 rings (SSSR count). The second-order valence-electron chi connectivity index (χ2n) is 8.64. The molecule has 3 aromatic rings. The van der Waals surface area contributed by atoms with E-state index < -0.39 is 0 Å². The minimum absolute atomic E-state index is 0.185. The third-order valence-corrected chi connectivity index (χ3v) is 6.66. The second-order valence-corrected chi connectivity index (χ2v) is 9.63. The quantitative estimate of drug-likeness (QED) is 0.319. The lowest BCUT2D eigenvalue weighted by atomic mass is 10.1. The Hall–Kier alpha value is -3.71. The third-order valence-electron chi connectivity index (χ3n) is 5.75. The van der Waals surface area contributed by atoms with Crippen LogP contribution in [0.3, 0.4) is 0 Å². The SMILES string of the molecule is COc1cc(/C=C2\SC(=O)N(CCOc3cc(C)ccc3C)C2=O)ccc1OCc1cccc(C)c1. The van der Waals surface area contributed by atoms with Crippen LogP contribution in [0.2, 0.25) is 0 Å². The lowest BCUT2D eigenvalue weighted by Gasteiger charge is -2.14. The Morgan fingerprint density at radius 2 is 1.67 bits per heavy atom. The van der Waals surface area contributed by atoms with Crippen LogP contribution in [-0.2, 0) is 11.4 Å². The Morgan fingerprint density at radius 1 is 0.861 bits per heavy atom. The predicted molar refractivity (Wildman–Crippen MR) is 143 cm³/mol. The van der Waals surface area contributed by atoms with Gasteiger partial charge < -0.3 is 14.2 Å². The lowest BCUT2D eigenvalue weighted by Crippen LogP contribution is -2.32. The Kier molecular flexibility index (Phi) is 8.00. The van der Waals surface area contributed by atoms with E-state index in [-0.39, 0.29) is 24.3 Å². The van der Waals surface area contributed by atoms with Gasteiger partial charge in [0, 0.05) is 0 Å². The van der Waals surface area contributed by atoms with E-state index >= 15 is 0 Å². The largest absolute Gasteiger partial charge is 0.493 e. The number of ether oxygens (including phenoxy) is 3. The van der Waals surface area contributed by atoms with Gasteiger partial charge in [-0.15, -0.1) is 0 Å². The number of rotatable bonds is 9. The van der Waals surface area contributed by atoms with Gasteiger partial charge in [0.05, 0.1) is 18.6 Å². The molecule has 6 nitrogen and oxygen atoms in total. The molecule has 0 atom stereocenters. The summed E-state index contributed by atoms with van der Waals surface area (Å²) in [6.07, 6.45) is 1.70. The minimum Gasteiger partial charge on any atom is -0.493 e. The molecule has 1 aliphatic rings. The summed E-state index contributed by atoms with van der Waals surface area (Å²) in [5, 5.41) is -0.305. The molecule has 186 valence electrons. The summed E-state index contributed by atoms with van der Waals surface area (Å²) in [6.45, 7) is 6.83. The van der Waals surface area contributed by atoms with E-state index in [0.717, 1.165) is 39.8 Å². The molecule has 7 heteroatoms.